The van der Waals surface area contributed by atoms with Crippen molar-refractivity contribution in [1.82, 2.24) is 20.1 Å². The summed E-state index contributed by atoms with van der Waals surface area (Å²) in [5.41, 5.74) is 9.17. The van der Waals surface area contributed by atoms with Gasteiger partial charge in [0, 0.05) is 12.7 Å². The van der Waals surface area contributed by atoms with Gasteiger partial charge in [0.2, 0.25) is 0 Å². The lowest BCUT2D eigenvalue weighted by Gasteiger charge is -2.16. The van der Waals surface area contributed by atoms with Crippen molar-refractivity contribution >= 4 is 11.6 Å². The molecular formula is C14H19N5O. The molecule has 0 radical (unpaired) electrons. The summed E-state index contributed by atoms with van der Waals surface area (Å²) in [7, 11) is 1.71. The molecule has 2 aromatic rings. The largest absolute Gasteiger partial charge is 0.395 e. The maximum absolute atomic E-state index is 12.3. The molecule has 0 atom stereocenters. The molecular weight excluding hydrogens is 254 g/mol. The third kappa shape index (κ3) is 2.79. The highest BCUT2D eigenvalue weighted by Crippen LogP contribution is 2.16. The number of pyridine rings is 1. The van der Waals surface area contributed by atoms with E-state index in [1.807, 2.05) is 32.0 Å². The van der Waals surface area contributed by atoms with Gasteiger partial charge in [-0.3, -0.25) is 14.9 Å². The molecule has 2 heterocycles. The highest BCUT2D eigenvalue weighted by atomic mass is 16.2. The monoisotopic (exact) mass is 273 g/mol. The topological polar surface area (TPSA) is 87.9 Å². The second kappa shape index (κ2) is 5.73. The number of rotatable bonds is 4. The zero-order valence-electron chi connectivity index (χ0n) is 12.0. The Labute approximate surface area is 118 Å². The number of nitrogens with two attached hydrogens (primary N) is 1. The molecule has 6 nitrogen and oxygen atoms in total. The average Bonchev–Trinajstić information content (AvgIpc) is 2.79. The zero-order chi connectivity index (χ0) is 14.7. The lowest BCUT2D eigenvalue weighted by atomic mass is 10.2. The number of aromatic nitrogens is 3. The van der Waals surface area contributed by atoms with Crippen LogP contribution in [0.2, 0.25) is 0 Å². The smallest absolute Gasteiger partial charge is 0.276 e. The Bertz CT molecular complexity index is 620. The molecule has 3 N–H and O–H groups in total. The summed E-state index contributed by atoms with van der Waals surface area (Å²) in [6.45, 7) is 4.30. The molecule has 0 aliphatic rings. The van der Waals surface area contributed by atoms with Gasteiger partial charge in [-0.15, -0.1) is 0 Å². The summed E-state index contributed by atoms with van der Waals surface area (Å²) in [5.74, 6) is -0.207. The predicted octanol–water partition coefficient (Wildman–Crippen LogP) is 1.53. The van der Waals surface area contributed by atoms with E-state index < -0.39 is 0 Å². The Kier molecular flexibility index (Phi) is 4.02. The van der Waals surface area contributed by atoms with Crippen molar-refractivity contribution in [3.63, 3.8) is 0 Å². The fourth-order valence-electron chi connectivity index (χ4n) is 2.00. The fourth-order valence-corrected chi connectivity index (χ4v) is 2.00. The number of aryl methyl sites for hydroxylation is 2. The SMILES string of the molecule is CCc1[nH]nc(C(=O)N(C)Cc2cccc(C)n2)c1N. The van der Waals surface area contributed by atoms with Crippen molar-refractivity contribution < 1.29 is 4.79 Å². The van der Waals surface area contributed by atoms with E-state index in [4.69, 9.17) is 5.73 Å². The molecule has 0 saturated carbocycles. The van der Waals surface area contributed by atoms with Gasteiger partial charge in [0.1, 0.15) is 0 Å². The van der Waals surface area contributed by atoms with E-state index in [1.54, 1.807) is 11.9 Å². The van der Waals surface area contributed by atoms with Crippen molar-refractivity contribution in [2.24, 2.45) is 0 Å². The van der Waals surface area contributed by atoms with Gasteiger partial charge < -0.3 is 10.6 Å². The molecule has 0 aromatic carbocycles. The Morgan fingerprint density at radius 3 is 2.80 bits per heavy atom. The van der Waals surface area contributed by atoms with E-state index in [9.17, 15) is 4.79 Å². The number of H-pyrrole nitrogens is 1. The molecule has 1 amide bonds. The van der Waals surface area contributed by atoms with E-state index in [0.717, 1.165) is 23.5 Å². The van der Waals surface area contributed by atoms with E-state index in [2.05, 4.69) is 15.2 Å². The zero-order valence-corrected chi connectivity index (χ0v) is 12.0. The van der Waals surface area contributed by atoms with Gasteiger partial charge in [0.15, 0.2) is 5.69 Å². The average molecular weight is 273 g/mol. The van der Waals surface area contributed by atoms with E-state index in [0.29, 0.717) is 12.2 Å². The van der Waals surface area contributed by atoms with Crippen LogP contribution in [0.25, 0.3) is 0 Å². The fraction of sp³-hybridized carbons (Fsp3) is 0.357. The molecule has 0 unspecified atom stereocenters. The number of hydrogen-bond acceptors (Lipinski definition) is 4. The van der Waals surface area contributed by atoms with Gasteiger partial charge in [-0.1, -0.05) is 13.0 Å². The van der Waals surface area contributed by atoms with Crippen LogP contribution < -0.4 is 5.73 Å². The number of nitrogens with zero attached hydrogens (tertiary/aromatic N) is 3. The van der Waals surface area contributed by atoms with E-state index in [1.165, 1.54) is 0 Å². The summed E-state index contributed by atoms with van der Waals surface area (Å²) in [6.07, 6.45) is 0.718. The third-order valence-electron chi connectivity index (χ3n) is 3.13. The summed E-state index contributed by atoms with van der Waals surface area (Å²) >= 11 is 0. The van der Waals surface area contributed by atoms with Crippen LogP contribution in [0.3, 0.4) is 0 Å². The minimum atomic E-state index is -0.207. The molecule has 106 valence electrons. The highest BCUT2D eigenvalue weighted by Gasteiger charge is 2.20. The Hall–Kier alpha value is -2.37. The first-order chi connectivity index (χ1) is 9.52. The van der Waals surface area contributed by atoms with Crippen molar-refractivity contribution in [3.05, 3.63) is 41.0 Å². The maximum Gasteiger partial charge on any atom is 0.276 e. The minimum absolute atomic E-state index is 0.207. The molecule has 6 heteroatoms. The number of carbonyl (C=O) groups excluding carboxylic acids is 1. The Morgan fingerprint density at radius 2 is 2.20 bits per heavy atom. The molecule has 0 aliphatic carbocycles. The van der Waals surface area contributed by atoms with Crippen LogP contribution in [-0.4, -0.2) is 33.0 Å². The standard InChI is InChI=1S/C14H19N5O/c1-4-11-12(15)13(18-17-11)14(20)19(3)8-10-7-5-6-9(2)16-10/h5-7H,4,8,15H2,1-3H3,(H,17,18). The van der Waals surface area contributed by atoms with Crippen molar-refractivity contribution in [3.8, 4) is 0 Å². The van der Waals surface area contributed by atoms with Gasteiger partial charge in [-0.2, -0.15) is 5.10 Å². The molecule has 0 spiro atoms. The summed E-state index contributed by atoms with van der Waals surface area (Å²) in [6, 6.07) is 5.74. The highest BCUT2D eigenvalue weighted by molar-refractivity contribution is 5.97. The number of aromatic amines is 1. The molecule has 0 aliphatic heterocycles. The number of amides is 1. The van der Waals surface area contributed by atoms with Crippen LogP contribution in [0, 0.1) is 6.92 Å². The maximum atomic E-state index is 12.3. The van der Waals surface area contributed by atoms with Crippen LogP contribution in [0.4, 0.5) is 5.69 Å². The molecule has 2 rings (SSSR count). The summed E-state index contributed by atoms with van der Waals surface area (Å²) < 4.78 is 0. The van der Waals surface area contributed by atoms with Crippen LogP contribution in [0.5, 0.6) is 0 Å². The van der Waals surface area contributed by atoms with Gasteiger partial charge >= 0.3 is 0 Å². The number of anilines is 1. The third-order valence-corrected chi connectivity index (χ3v) is 3.13. The van der Waals surface area contributed by atoms with Gasteiger partial charge in [0.05, 0.1) is 23.6 Å². The van der Waals surface area contributed by atoms with E-state index >= 15 is 0 Å². The quantitative estimate of drug-likeness (QED) is 0.884. The number of nitrogens with one attached hydrogen (secondary N) is 1. The first-order valence-corrected chi connectivity index (χ1v) is 6.53. The molecule has 20 heavy (non-hydrogen) atoms. The van der Waals surface area contributed by atoms with Gasteiger partial charge in [-0.25, -0.2) is 0 Å². The van der Waals surface area contributed by atoms with Crippen molar-refractivity contribution in [1.29, 1.82) is 0 Å². The molecule has 2 aromatic heterocycles. The first kappa shape index (κ1) is 14.0. The van der Waals surface area contributed by atoms with Crippen LogP contribution >= 0.6 is 0 Å². The lowest BCUT2D eigenvalue weighted by Crippen LogP contribution is -2.27. The van der Waals surface area contributed by atoms with Crippen LogP contribution in [0.1, 0.15) is 34.5 Å². The normalized spacial score (nSPS) is 10.6. The number of hydrogen-bond donors (Lipinski definition) is 2. The minimum Gasteiger partial charge on any atom is -0.395 e. The summed E-state index contributed by atoms with van der Waals surface area (Å²) in [4.78, 5) is 18.3. The predicted molar refractivity (Wildman–Crippen MR) is 77.1 cm³/mol. The van der Waals surface area contributed by atoms with Crippen LogP contribution in [0.15, 0.2) is 18.2 Å². The molecule has 0 fully saturated rings. The lowest BCUT2D eigenvalue weighted by molar-refractivity contribution is 0.0778. The second-order valence-corrected chi connectivity index (χ2v) is 4.75. The van der Waals surface area contributed by atoms with Crippen molar-refractivity contribution in [2.75, 3.05) is 12.8 Å². The Morgan fingerprint density at radius 1 is 1.45 bits per heavy atom. The van der Waals surface area contributed by atoms with Crippen molar-refractivity contribution in [2.45, 2.75) is 26.8 Å². The number of carbonyl (C=O) groups is 1. The summed E-state index contributed by atoms with van der Waals surface area (Å²) in [5, 5.41) is 6.80. The van der Waals surface area contributed by atoms with Gasteiger partial charge in [0.25, 0.3) is 5.91 Å². The molecule has 0 bridgehead atoms. The Balaban J connectivity index is 2.14. The van der Waals surface area contributed by atoms with Crippen LogP contribution in [-0.2, 0) is 13.0 Å². The van der Waals surface area contributed by atoms with Gasteiger partial charge in [-0.05, 0) is 25.5 Å². The molecule has 0 saturated heterocycles. The number of nitrogen functional groups attached to an aromatic ring is 1. The van der Waals surface area contributed by atoms with E-state index in [-0.39, 0.29) is 11.6 Å². The first-order valence-electron chi connectivity index (χ1n) is 6.53. The second-order valence-electron chi connectivity index (χ2n) is 4.75.